The molecule has 0 spiro atoms. The topological polar surface area (TPSA) is 90.3 Å². The minimum Gasteiger partial charge on any atom is -0.447 e. The van der Waals surface area contributed by atoms with E-state index in [1.54, 1.807) is 55.5 Å². The quantitative estimate of drug-likeness (QED) is 0.702. The Morgan fingerprint density at radius 2 is 1.70 bits per heavy atom. The van der Waals surface area contributed by atoms with Crippen molar-refractivity contribution in [3.63, 3.8) is 0 Å². The van der Waals surface area contributed by atoms with Crippen LogP contribution in [0.3, 0.4) is 0 Å². The summed E-state index contributed by atoms with van der Waals surface area (Å²) >= 11 is 0. The Balaban J connectivity index is 1.85. The molecule has 1 N–H and O–H groups in total. The van der Waals surface area contributed by atoms with Crippen molar-refractivity contribution in [3.8, 4) is 0 Å². The number of carbonyl (C=O) groups is 2. The van der Waals surface area contributed by atoms with Gasteiger partial charge in [-0.2, -0.15) is 5.10 Å². The number of amides is 1. The van der Waals surface area contributed by atoms with Gasteiger partial charge in [-0.15, -0.1) is 0 Å². The van der Waals surface area contributed by atoms with Crippen molar-refractivity contribution in [2.75, 3.05) is 5.32 Å². The summed E-state index contributed by atoms with van der Waals surface area (Å²) < 4.78 is 6.48. The van der Waals surface area contributed by atoms with E-state index in [-0.39, 0.29) is 11.3 Å². The molecule has 0 aliphatic heterocycles. The SMILES string of the molecule is CCC(OC(=O)c1nn(C)c(=O)c2ccccc12)C(=O)Nc1ccccc1. The monoisotopic (exact) mass is 365 g/mol. The molecule has 1 unspecified atom stereocenters. The van der Waals surface area contributed by atoms with E-state index in [9.17, 15) is 14.4 Å². The van der Waals surface area contributed by atoms with Gasteiger partial charge in [0.05, 0.1) is 5.39 Å². The third-order valence-electron chi connectivity index (χ3n) is 4.10. The molecule has 3 aromatic rings. The van der Waals surface area contributed by atoms with Gasteiger partial charge in [-0.3, -0.25) is 9.59 Å². The maximum Gasteiger partial charge on any atom is 0.360 e. The normalized spacial score (nSPS) is 11.8. The summed E-state index contributed by atoms with van der Waals surface area (Å²) in [5.74, 6) is -1.18. The van der Waals surface area contributed by atoms with Crippen LogP contribution in [-0.4, -0.2) is 27.8 Å². The first-order valence-corrected chi connectivity index (χ1v) is 8.54. The van der Waals surface area contributed by atoms with Gasteiger partial charge in [-0.05, 0) is 24.6 Å². The largest absolute Gasteiger partial charge is 0.447 e. The van der Waals surface area contributed by atoms with Crippen molar-refractivity contribution in [3.05, 3.63) is 70.6 Å². The Bertz CT molecular complexity index is 1040. The molecule has 0 radical (unpaired) electrons. The predicted molar refractivity (Wildman–Crippen MR) is 102 cm³/mol. The van der Waals surface area contributed by atoms with Crippen LogP contribution in [-0.2, 0) is 16.6 Å². The highest BCUT2D eigenvalue weighted by Gasteiger charge is 2.25. The van der Waals surface area contributed by atoms with E-state index < -0.39 is 18.0 Å². The Kier molecular flexibility index (Phi) is 5.30. The van der Waals surface area contributed by atoms with Gasteiger partial charge in [0.25, 0.3) is 11.5 Å². The Morgan fingerprint density at radius 3 is 2.37 bits per heavy atom. The molecular weight excluding hydrogens is 346 g/mol. The maximum absolute atomic E-state index is 12.7. The van der Waals surface area contributed by atoms with Gasteiger partial charge >= 0.3 is 5.97 Å². The number of nitrogens with zero attached hydrogens (tertiary/aromatic N) is 2. The zero-order valence-corrected chi connectivity index (χ0v) is 15.0. The van der Waals surface area contributed by atoms with Gasteiger partial charge in [0.1, 0.15) is 0 Å². The average molecular weight is 365 g/mol. The van der Waals surface area contributed by atoms with E-state index in [1.807, 2.05) is 6.07 Å². The van der Waals surface area contributed by atoms with Crippen LogP contribution in [0.1, 0.15) is 23.8 Å². The number of nitrogens with one attached hydrogen (secondary N) is 1. The minimum absolute atomic E-state index is 0.00124. The number of ether oxygens (including phenoxy) is 1. The Hall–Kier alpha value is -3.48. The molecule has 7 nitrogen and oxygen atoms in total. The smallest absolute Gasteiger partial charge is 0.360 e. The lowest BCUT2D eigenvalue weighted by atomic mass is 10.1. The number of carbonyl (C=O) groups excluding carboxylic acids is 2. The predicted octanol–water partition coefficient (Wildman–Crippen LogP) is 2.51. The summed E-state index contributed by atoms with van der Waals surface area (Å²) in [5.41, 5.74) is 0.303. The van der Waals surface area contributed by atoms with Crippen LogP contribution < -0.4 is 10.9 Å². The first kappa shape index (κ1) is 18.3. The first-order valence-electron chi connectivity index (χ1n) is 8.54. The van der Waals surface area contributed by atoms with E-state index in [2.05, 4.69) is 10.4 Å². The van der Waals surface area contributed by atoms with Gasteiger partial charge in [0, 0.05) is 18.1 Å². The second-order valence-corrected chi connectivity index (χ2v) is 5.98. The number of anilines is 1. The Labute approximate surface area is 155 Å². The molecule has 7 heteroatoms. The lowest BCUT2D eigenvalue weighted by molar-refractivity contribution is -0.124. The fourth-order valence-corrected chi connectivity index (χ4v) is 2.70. The van der Waals surface area contributed by atoms with Crippen molar-refractivity contribution in [2.24, 2.45) is 7.05 Å². The molecule has 0 aliphatic rings. The van der Waals surface area contributed by atoms with E-state index in [1.165, 1.54) is 7.05 Å². The molecule has 0 aliphatic carbocycles. The van der Waals surface area contributed by atoms with Crippen LogP contribution >= 0.6 is 0 Å². The summed E-state index contributed by atoms with van der Waals surface area (Å²) in [5, 5.41) is 7.50. The highest BCUT2D eigenvalue weighted by Crippen LogP contribution is 2.16. The molecule has 3 rings (SSSR count). The molecule has 1 atom stereocenters. The van der Waals surface area contributed by atoms with Crippen molar-refractivity contribution in [1.29, 1.82) is 0 Å². The van der Waals surface area contributed by atoms with Crippen LogP contribution in [0.4, 0.5) is 5.69 Å². The average Bonchev–Trinajstić information content (AvgIpc) is 2.69. The number of para-hydroxylation sites is 1. The highest BCUT2D eigenvalue weighted by molar-refractivity contribution is 6.03. The molecule has 1 aromatic heterocycles. The zero-order valence-electron chi connectivity index (χ0n) is 15.0. The van der Waals surface area contributed by atoms with Gasteiger partial charge in [-0.25, -0.2) is 9.48 Å². The molecule has 2 aromatic carbocycles. The summed E-state index contributed by atoms with van der Waals surface area (Å²) in [6, 6.07) is 15.6. The second-order valence-electron chi connectivity index (χ2n) is 5.98. The van der Waals surface area contributed by atoms with E-state index >= 15 is 0 Å². The van der Waals surface area contributed by atoms with Crippen molar-refractivity contribution in [1.82, 2.24) is 9.78 Å². The van der Waals surface area contributed by atoms with Gasteiger partial charge in [0.15, 0.2) is 11.8 Å². The molecule has 27 heavy (non-hydrogen) atoms. The van der Waals surface area contributed by atoms with Gasteiger partial charge in [-0.1, -0.05) is 43.3 Å². The van der Waals surface area contributed by atoms with Crippen LogP contribution in [0.5, 0.6) is 0 Å². The van der Waals surface area contributed by atoms with Crippen LogP contribution in [0.25, 0.3) is 10.8 Å². The molecule has 0 saturated heterocycles. The fourth-order valence-electron chi connectivity index (χ4n) is 2.70. The van der Waals surface area contributed by atoms with Crippen LogP contribution in [0.2, 0.25) is 0 Å². The molecule has 1 heterocycles. The number of aryl methyl sites for hydroxylation is 1. The lowest BCUT2D eigenvalue weighted by Crippen LogP contribution is -2.33. The highest BCUT2D eigenvalue weighted by atomic mass is 16.5. The molecule has 0 fully saturated rings. The number of aromatic nitrogens is 2. The van der Waals surface area contributed by atoms with E-state index in [0.717, 1.165) is 4.68 Å². The van der Waals surface area contributed by atoms with E-state index in [0.29, 0.717) is 22.9 Å². The number of hydrogen-bond donors (Lipinski definition) is 1. The maximum atomic E-state index is 12.7. The summed E-state index contributed by atoms with van der Waals surface area (Å²) in [7, 11) is 1.46. The first-order chi connectivity index (χ1) is 13.0. The second kappa shape index (κ2) is 7.82. The summed E-state index contributed by atoms with van der Waals surface area (Å²) in [6.45, 7) is 1.74. The number of esters is 1. The minimum atomic E-state index is -0.976. The van der Waals surface area contributed by atoms with E-state index in [4.69, 9.17) is 4.74 Å². The number of hydrogen-bond acceptors (Lipinski definition) is 5. The van der Waals surface area contributed by atoms with Gasteiger partial charge in [0.2, 0.25) is 0 Å². The van der Waals surface area contributed by atoms with Crippen molar-refractivity contribution >= 4 is 28.3 Å². The number of fused-ring (bicyclic) bond motifs is 1. The van der Waals surface area contributed by atoms with Crippen molar-refractivity contribution in [2.45, 2.75) is 19.4 Å². The van der Waals surface area contributed by atoms with Crippen LogP contribution in [0, 0.1) is 0 Å². The summed E-state index contributed by atoms with van der Waals surface area (Å²) in [6.07, 6.45) is -0.677. The van der Waals surface area contributed by atoms with Crippen LogP contribution in [0.15, 0.2) is 59.4 Å². The molecule has 1 amide bonds. The third-order valence-corrected chi connectivity index (χ3v) is 4.10. The van der Waals surface area contributed by atoms with Crippen molar-refractivity contribution < 1.29 is 14.3 Å². The summed E-state index contributed by atoms with van der Waals surface area (Å²) in [4.78, 5) is 37.3. The molecule has 0 saturated carbocycles. The molecule has 138 valence electrons. The third kappa shape index (κ3) is 3.87. The van der Waals surface area contributed by atoms with Gasteiger partial charge < -0.3 is 10.1 Å². The number of benzene rings is 2. The molecule has 0 bridgehead atoms. The number of rotatable bonds is 5. The zero-order chi connectivity index (χ0) is 19.4. The lowest BCUT2D eigenvalue weighted by Gasteiger charge is -2.16. The standard InChI is InChI=1S/C20H19N3O4/c1-3-16(18(24)21-13-9-5-4-6-10-13)27-20(26)17-14-11-7-8-12-15(14)19(25)23(2)22-17/h4-12,16H,3H2,1-2H3,(H,21,24). The Morgan fingerprint density at radius 1 is 1.07 bits per heavy atom. The molecular formula is C20H19N3O4. The fraction of sp³-hybridized carbons (Fsp3) is 0.200.